The van der Waals surface area contributed by atoms with Gasteiger partial charge in [0.1, 0.15) is 6.61 Å². The Labute approximate surface area is 165 Å². The number of nitrogens with two attached hydrogens (primary N) is 1. The van der Waals surface area contributed by atoms with E-state index in [1.165, 1.54) is 0 Å². The fourth-order valence-corrected chi connectivity index (χ4v) is 2.85. The van der Waals surface area contributed by atoms with E-state index in [1.807, 2.05) is 44.3 Å². The molecule has 1 aliphatic rings. The Morgan fingerprint density at radius 1 is 1.29 bits per heavy atom. The third kappa shape index (κ3) is 5.58. The Bertz CT molecular complexity index is 805. The monoisotopic (exact) mass is 384 g/mol. The Balaban J connectivity index is 1.77. The first-order valence-corrected chi connectivity index (χ1v) is 9.43. The first-order chi connectivity index (χ1) is 13.7. The SMILES string of the molecule is CNCCOc1cc(N2CCOCC2)cc(/C=N/Nc2cc(C)ccc2N)n1. The molecule has 2 aromatic rings. The first kappa shape index (κ1) is 19.9. The molecule has 0 radical (unpaired) electrons. The number of hydrogen-bond acceptors (Lipinski definition) is 8. The van der Waals surface area contributed by atoms with E-state index < -0.39 is 0 Å². The molecule has 4 N–H and O–H groups in total. The number of pyridine rings is 1. The maximum Gasteiger partial charge on any atom is 0.215 e. The molecule has 1 aromatic carbocycles. The Morgan fingerprint density at radius 3 is 2.89 bits per heavy atom. The van der Waals surface area contributed by atoms with E-state index in [0.717, 1.165) is 49.8 Å². The van der Waals surface area contributed by atoms with Gasteiger partial charge in [0.05, 0.1) is 36.5 Å². The zero-order valence-corrected chi connectivity index (χ0v) is 16.4. The number of aromatic nitrogens is 1. The average Bonchev–Trinajstić information content (AvgIpc) is 2.71. The second kappa shape index (κ2) is 9.91. The van der Waals surface area contributed by atoms with Crippen LogP contribution in [-0.4, -0.2) is 57.7 Å². The van der Waals surface area contributed by atoms with Crippen LogP contribution in [0.15, 0.2) is 35.4 Å². The molecule has 1 fully saturated rings. The van der Waals surface area contributed by atoms with E-state index in [2.05, 4.69) is 25.7 Å². The van der Waals surface area contributed by atoms with Crippen LogP contribution in [0.4, 0.5) is 17.1 Å². The summed E-state index contributed by atoms with van der Waals surface area (Å²) in [6.45, 7) is 6.43. The average molecular weight is 384 g/mol. The summed E-state index contributed by atoms with van der Waals surface area (Å²) in [4.78, 5) is 6.81. The summed E-state index contributed by atoms with van der Waals surface area (Å²) in [5, 5.41) is 7.37. The number of likely N-dealkylation sites (N-methyl/N-ethyl adjacent to an activating group) is 1. The van der Waals surface area contributed by atoms with Crippen LogP contribution in [0.1, 0.15) is 11.3 Å². The molecule has 0 atom stereocenters. The first-order valence-electron chi connectivity index (χ1n) is 9.43. The lowest BCUT2D eigenvalue weighted by atomic mass is 10.2. The van der Waals surface area contributed by atoms with Crippen molar-refractivity contribution in [1.29, 1.82) is 0 Å². The number of rotatable bonds is 8. The highest BCUT2D eigenvalue weighted by Gasteiger charge is 2.14. The molecule has 1 aromatic heterocycles. The fourth-order valence-electron chi connectivity index (χ4n) is 2.85. The molecular weight excluding hydrogens is 356 g/mol. The van der Waals surface area contributed by atoms with Gasteiger partial charge in [-0.15, -0.1) is 0 Å². The number of ether oxygens (including phenoxy) is 2. The van der Waals surface area contributed by atoms with Crippen LogP contribution in [0, 0.1) is 6.92 Å². The van der Waals surface area contributed by atoms with Gasteiger partial charge in [0.2, 0.25) is 5.88 Å². The number of anilines is 3. The van der Waals surface area contributed by atoms with E-state index in [4.69, 9.17) is 15.2 Å². The highest BCUT2D eigenvalue weighted by atomic mass is 16.5. The van der Waals surface area contributed by atoms with Crippen molar-refractivity contribution in [2.45, 2.75) is 6.92 Å². The van der Waals surface area contributed by atoms with Gasteiger partial charge in [-0.05, 0) is 37.7 Å². The van der Waals surface area contributed by atoms with Crippen LogP contribution >= 0.6 is 0 Å². The number of nitrogen functional groups attached to an aromatic ring is 1. The number of benzene rings is 1. The predicted octanol–water partition coefficient (Wildman–Crippen LogP) is 1.85. The second-order valence-electron chi connectivity index (χ2n) is 6.60. The Morgan fingerprint density at radius 2 is 2.11 bits per heavy atom. The van der Waals surface area contributed by atoms with E-state index in [9.17, 15) is 0 Å². The minimum Gasteiger partial charge on any atom is -0.476 e. The standard InChI is InChI=1S/C20H28N6O2/c1-15-3-4-18(21)19(11-15)25-23-14-16-12-17(26-6-9-27-10-7-26)13-20(24-16)28-8-5-22-2/h3-4,11-14,22,25H,5-10,21H2,1-2H3/b23-14+. The molecule has 0 aliphatic carbocycles. The van der Waals surface area contributed by atoms with E-state index in [1.54, 1.807) is 6.21 Å². The molecule has 0 saturated carbocycles. The van der Waals surface area contributed by atoms with E-state index >= 15 is 0 Å². The summed E-state index contributed by atoms with van der Waals surface area (Å²) in [6.07, 6.45) is 1.68. The smallest absolute Gasteiger partial charge is 0.215 e. The Kier molecular flexibility index (Phi) is 7.05. The summed E-state index contributed by atoms with van der Waals surface area (Å²) < 4.78 is 11.2. The second-order valence-corrected chi connectivity index (χ2v) is 6.60. The molecule has 0 unspecified atom stereocenters. The largest absolute Gasteiger partial charge is 0.476 e. The molecule has 0 bridgehead atoms. The molecule has 3 rings (SSSR count). The van der Waals surface area contributed by atoms with Gasteiger partial charge >= 0.3 is 0 Å². The van der Waals surface area contributed by atoms with Crippen molar-refractivity contribution < 1.29 is 9.47 Å². The van der Waals surface area contributed by atoms with Crippen LogP contribution in [-0.2, 0) is 4.74 Å². The minimum absolute atomic E-state index is 0.546. The van der Waals surface area contributed by atoms with Gasteiger partial charge in [0.15, 0.2) is 0 Å². The molecule has 2 heterocycles. The number of nitrogens with zero attached hydrogens (tertiary/aromatic N) is 3. The van der Waals surface area contributed by atoms with Crippen molar-refractivity contribution in [2.75, 3.05) is 62.6 Å². The molecule has 1 aliphatic heterocycles. The topological polar surface area (TPSA) is 97.0 Å². The molecule has 150 valence electrons. The molecular formula is C20H28N6O2. The molecule has 28 heavy (non-hydrogen) atoms. The number of hydrazone groups is 1. The van der Waals surface area contributed by atoms with Crippen molar-refractivity contribution >= 4 is 23.3 Å². The number of aryl methyl sites for hydroxylation is 1. The van der Waals surface area contributed by atoms with Crippen molar-refractivity contribution in [3.8, 4) is 5.88 Å². The van der Waals surface area contributed by atoms with Gasteiger partial charge in [-0.2, -0.15) is 5.10 Å². The molecule has 1 saturated heterocycles. The van der Waals surface area contributed by atoms with Gasteiger partial charge in [0, 0.05) is 31.4 Å². The molecule has 8 nitrogen and oxygen atoms in total. The van der Waals surface area contributed by atoms with Crippen LogP contribution in [0.25, 0.3) is 0 Å². The van der Waals surface area contributed by atoms with Crippen LogP contribution in [0.3, 0.4) is 0 Å². The van der Waals surface area contributed by atoms with Gasteiger partial charge in [-0.3, -0.25) is 5.43 Å². The lowest BCUT2D eigenvalue weighted by Gasteiger charge is -2.29. The molecule has 0 amide bonds. The van der Waals surface area contributed by atoms with Crippen molar-refractivity contribution in [1.82, 2.24) is 10.3 Å². The zero-order valence-electron chi connectivity index (χ0n) is 16.4. The molecule has 8 heteroatoms. The fraction of sp³-hybridized carbons (Fsp3) is 0.400. The summed E-state index contributed by atoms with van der Waals surface area (Å²) in [7, 11) is 1.89. The van der Waals surface area contributed by atoms with E-state index in [-0.39, 0.29) is 0 Å². The van der Waals surface area contributed by atoms with Crippen molar-refractivity contribution in [2.24, 2.45) is 5.10 Å². The normalized spacial score (nSPS) is 14.4. The van der Waals surface area contributed by atoms with Crippen LogP contribution in [0.2, 0.25) is 0 Å². The quantitative estimate of drug-likeness (QED) is 0.277. The van der Waals surface area contributed by atoms with E-state index in [0.29, 0.717) is 23.9 Å². The Hall–Kier alpha value is -2.84. The molecule has 0 spiro atoms. The van der Waals surface area contributed by atoms with Crippen molar-refractivity contribution in [3.63, 3.8) is 0 Å². The maximum absolute atomic E-state index is 5.99. The van der Waals surface area contributed by atoms with Crippen LogP contribution in [0.5, 0.6) is 5.88 Å². The summed E-state index contributed by atoms with van der Waals surface area (Å²) in [6, 6.07) is 9.74. The highest BCUT2D eigenvalue weighted by Crippen LogP contribution is 2.22. The van der Waals surface area contributed by atoms with Gasteiger partial charge < -0.3 is 25.4 Å². The summed E-state index contributed by atoms with van der Waals surface area (Å²) in [5.41, 5.74) is 13.3. The third-order valence-electron chi connectivity index (χ3n) is 4.38. The van der Waals surface area contributed by atoms with Gasteiger partial charge in [-0.25, -0.2) is 4.98 Å². The van der Waals surface area contributed by atoms with Crippen LogP contribution < -0.4 is 26.1 Å². The number of hydrogen-bond donors (Lipinski definition) is 3. The summed E-state index contributed by atoms with van der Waals surface area (Å²) in [5.74, 6) is 0.579. The summed E-state index contributed by atoms with van der Waals surface area (Å²) >= 11 is 0. The van der Waals surface area contributed by atoms with Gasteiger partial charge in [0.25, 0.3) is 0 Å². The zero-order chi connectivity index (χ0) is 19.8. The third-order valence-corrected chi connectivity index (χ3v) is 4.38. The predicted molar refractivity (Wildman–Crippen MR) is 113 cm³/mol. The van der Waals surface area contributed by atoms with Gasteiger partial charge in [-0.1, -0.05) is 6.07 Å². The lowest BCUT2D eigenvalue weighted by molar-refractivity contribution is 0.122. The lowest BCUT2D eigenvalue weighted by Crippen LogP contribution is -2.36. The van der Waals surface area contributed by atoms with Crippen molar-refractivity contribution in [3.05, 3.63) is 41.6 Å². The highest BCUT2D eigenvalue weighted by molar-refractivity contribution is 5.80. The number of morpholine rings is 1. The number of nitrogens with one attached hydrogen (secondary N) is 2. The minimum atomic E-state index is 0.546. The maximum atomic E-state index is 5.99.